The van der Waals surface area contributed by atoms with Crippen molar-refractivity contribution in [1.29, 1.82) is 0 Å². The molecule has 0 saturated heterocycles. The number of aryl methyl sites for hydroxylation is 1. The highest BCUT2D eigenvalue weighted by Crippen LogP contribution is 2.20. The van der Waals surface area contributed by atoms with Crippen molar-refractivity contribution in [3.05, 3.63) is 77.2 Å². The molecule has 0 radical (unpaired) electrons. The van der Waals surface area contributed by atoms with Gasteiger partial charge in [0.1, 0.15) is 4.21 Å². The molecule has 1 heterocycles. The molecule has 9 heteroatoms. The van der Waals surface area contributed by atoms with Crippen molar-refractivity contribution in [2.45, 2.75) is 11.1 Å². The topological polar surface area (TPSA) is 95.6 Å². The zero-order valence-electron chi connectivity index (χ0n) is 16.5. The van der Waals surface area contributed by atoms with Gasteiger partial charge < -0.3 is 10.2 Å². The maximum atomic E-state index is 12.6. The molecule has 0 aliphatic heterocycles. The first kappa shape index (κ1) is 21.5. The maximum Gasteiger partial charge on any atom is 0.271 e. The standard InChI is InChI=1S/C21H21N3O4S2/c1-15-5-9-17(10-6-15)22-19(25)14-24(2)21(26)16-7-11-18(12-8-16)23-30(27,28)20-4-3-13-29-20/h3-13,23H,14H2,1-2H3,(H,22,25). The lowest BCUT2D eigenvalue weighted by molar-refractivity contribution is -0.116. The predicted molar refractivity (Wildman–Crippen MR) is 118 cm³/mol. The molecule has 3 rings (SSSR count). The van der Waals surface area contributed by atoms with Crippen LogP contribution in [0.2, 0.25) is 0 Å². The summed E-state index contributed by atoms with van der Waals surface area (Å²) in [7, 11) is -2.12. The lowest BCUT2D eigenvalue weighted by Gasteiger charge is -2.17. The van der Waals surface area contributed by atoms with Crippen molar-refractivity contribution in [1.82, 2.24) is 4.90 Å². The Bertz CT molecular complexity index is 1120. The van der Waals surface area contributed by atoms with Crippen LogP contribution in [0.25, 0.3) is 0 Å². The first-order chi connectivity index (χ1) is 14.2. The van der Waals surface area contributed by atoms with E-state index < -0.39 is 10.0 Å². The van der Waals surface area contributed by atoms with Gasteiger partial charge in [0.15, 0.2) is 0 Å². The van der Waals surface area contributed by atoms with Gasteiger partial charge in [0.25, 0.3) is 15.9 Å². The van der Waals surface area contributed by atoms with E-state index in [0.717, 1.165) is 16.9 Å². The van der Waals surface area contributed by atoms with E-state index in [9.17, 15) is 18.0 Å². The number of likely N-dealkylation sites (N-methyl/N-ethyl adjacent to an activating group) is 1. The highest BCUT2D eigenvalue weighted by molar-refractivity contribution is 7.94. The Morgan fingerprint density at radius 2 is 1.60 bits per heavy atom. The van der Waals surface area contributed by atoms with Crippen molar-refractivity contribution < 1.29 is 18.0 Å². The fourth-order valence-electron chi connectivity index (χ4n) is 2.65. The molecule has 0 atom stereocenters. The summed E-state index contributed by atoms with van der Waals surface area (Å²) in [5.74, 6) is -0.656. The number of hydrogen-bond acceptors (Lipinski definition) is 5. The number of benzene rings is 2. The minimum atomic E-state index is -3.65. The minimum absolute atomic E-state index is 0.112. The normalized spacial score (nSPS) is 11.0. The molecule has 2 amide bonds. The van der Waals surface area contributed by atoms with Crippen LogP contribution in [-0.4, -0.2) is 38.7 Å². The van der Waals surface area contributed by atoms with Crippen molar-refractivity contribution in [2.75, 3.05) is 23.6 Å². The molecule has 0 aliphatic rings. The minimum Gasteiger partial charge on any atom is -0.332 e. The number of rotatable bonds is 7. The number of carbonyl (C=O) groups is 2. The summed E-state index contributed by atoms with van der Waals surface area (Å²) in [6.45, 7) is 1.84. The van der Waals surface area contributed by atoms with Crippen LogP contribution in [0.5, 0.6) is 0 Å². The molecular weight excluding hydrogens is 422 g/mol. The molecule has 0 unspecified atom stereocenters. The summed E-state index contributed by atoms with van der Waals surface area (Å²) in [5, 5.41) is 4.43. The van der Waals surface area contributed by atoms with Crippen molar-refractivity contribution >= 4 is 44.5 Å². The summed E-state index contributed by atoms with van der Waals surface area (Å²) < 4.78 is 27.2. The van der Waals surface area contributed by atoms with E-state index in [4.69, 9.17) is 0 Å². The van der Waals surface area contributed by atoms with Gasteiger partial charge in [-0.15, -0.1) is 11.3 Å². The second-order valence-electron chi connectivity index (χ2n) is 6.69. The second-order valence-corrected chi connectivity index (χ2v) is 9.55. The molecule has 0 saturated carbocycles. The van der Waals surface area contributed by atoms with Gasteiger partial charge in [-0.3, -0.25) is 14.3 Å². The fourth-order valence-corrected chi connectivity index (χ4v) is 4.70. The lowest BCUT2D eigenvalue weighted by atomic mass is 10.2. The number of thiophene rings is 1. The lowest BCUT2D eigenvalue weighted by Crippen LogP contribution is -2.34. The molecular formula is C21H21N3O4S2. The van der Waals surface area contributed by atoms with Gasteiger partial charge in [0.2, 0.25) is 5.91 Å². The van der Waals surface area contributed by atoms with E-state index in [1.165, 1.54) is 42.3 Å². The highest BCUT2D eigenvalue weighted by Gasteiger charge is 2.17. The molecule has 0 fully saturated rings. The first-order valence-electron chi connectivity index (χ1n) is 9.03. The highest BCUT2D eigenvalue weighted by atomic mass is 32.2. The third-order valence-electron chi connectivity index (χ3n) is 4.21. The van der Waals surface area contributed by atoms with Crippen molar-refractivity contribution in [3.63, 3.8) is 0 Å². The summed E-state index contributed by atoms with van der Waals surface area (Å²) in [4.78, 5) is 26.1. The van der Waals surface area contributed by atoms with Gasteiger partial charge in [-0.05, 0) is 54.8 Å². The van der Waals surface area contributed by atoms with E-state index in [1.54, 1.807) is 23.6 Å². The Labute approximate surface area is 179 Å². The van der Waals surface area contributed by atoms with Gasteiger partial charge in [-0.2, -0.15) is 0 Å². The predicted octanol–water partition coefficient (Wildman–Crippen LogP) is 3.57. The smallest absolute Gasteiger partial charge is 0.271 e. The van der Waals surface area contributed by atoms with Crippen LogP contribution in [-0.2, 0) is 14.8 Å². The molecule has 0 bridgehead atoms. The maximum absolute atomic E-state index is 12.6. The molecule has 0 aliphatic carbocycles. The number of nitrogens with one attached hydrogen (secondary N) is 2. The van der Waals surface area contributed by atoms with Gasteiger partial charge >= 0.3 is 0 Å². The number of carbonyl (C=O) groups excluding carboxylic acids is 2. The van der Waals surface area contributed by atoms with Crippen LogP contribution in [0, 0.1) is 6.92 Å². The quantitative estimate of drug-likeness (QED) is 0.584. The van der Waals surface area contributed by atoms with Crippen molar-refractivity contribution in [2.24, 2.45) is 0 Å². The molecule has 3 aromatic rings. The van der Waals surface area contributed by atoms with Crippen LogP contribution < -0.4 is 10.0 Å². The van der Waals surface area contributed by atoms with Gasteiger partial charge in [0, 0.05) is 24.0 Å². The number of nitrogens with zero attached hydrogens (tertiary/aromatic N) is 1. The molecule has 2 aromatic carbocycles. The average molecular weight is 444 g/mol. The van der Waals surface area contributed by atoms with E-state index >= 15 is 0 Å². The molecule has 7 nitrogen and oxygen atoms in total. The zero-order chi connectivity index (χ0) is 21.7. The number of anilines is 2. The largest absolute Gasteiger partial charge is 0.332 e. The van der Waals surface area contributed by atoms with Gasteiger partial charge in [-0.25, -0.2) is 8.42 Å². The molecule has 1 aromatic heterocycles. The SMILES string of the molecule is Cc1ccc(NC(=O)CN(C)C(=O)c2ccc(NS(=O)(=O)c3cccs3)cc2)cc1. The molecule has 30 heavy (non-hydrogen) atoms. The first-order valence-corrected chi connectivity index (χ1v) is 11.4. The Kier molecular flexibility index (Phi) is 6.53. The Hall–Kier alpha value is -3.17. The third-order valence-corrected chi connectivity index (χ3v) is 6.99. The Morgan fingerprint density at radius 3 is 2.20 bits per heavy atom. The summed E-state index contributed by atoms with van der Waals surface area (Å²) in [6.07, 6.45) is 0. The van der Waals surface area contributed by atoms with Gasteiger partial charge in [0.05, 0.1) is 6.54 Å². The molecule has 2 N–H and O–H groups in total. The summed E-state index contributed by atoms with van der Waals surface area (Å²) in [6, 6.07) is 16.6. The van der Waals surface area contributed by atoms with Crippen molar-refractivity contribution in [3.8, 4) is 0 Å². The molecule has 0 spiro atoms. The number of hydrogen-bond donors (Lipinski definition) is 2. The van der Waals surface area contributed by atoms with Crippen LogP contribution in [0.3, 0.4) is 0 Å². The van der Waals surface area contributed by atoms with Crippen LogP contribution >= 0.6 is 11.3 Å². The van der Waals surface area contributed by atoms with E-state index in [1.807, 2.05) is 19.1 Å². The number of amides is 2. The fraction of sp³-hybridized carbons (Fsp3) is 0.143. The van der Waals surface area contributed by atoms with Crippen LogP contribution in [0.1, 0.15) is 15.9 Å². The second kappa shape index (κ2) is 9.10. The van der Waals surface area contributed by atoms with E-state index in [2.05, 4.69) is 10.0 Å². The Balaban J connectivity index is 1.59. The number of sulfonamides is 1. The zero-order valence-corrected chi connectivity index (χ0v) is 18.1. The van der Waals surface area contributed by atoms with E-state index in [0.29, 0.717) is 16.9 Å². The van der Waals surface area contributed by atoms with E-state index in [-0.39, 0.29) is 22.6 Å². The monoisotopic (exact) mass is 443 g/mol. The molecule has 156 valence electrons. The van der Waals surface area contributed by atoms with Crippen LogP contribution in [0.4, 0.5) is 11.4 Å². The van der Waals surface area contributed by atoms with Crippen LogP contribution in [0.15, 0.2) is 70.3 Å². The van der Waals surface area contributed by atoms with Gasteiger partial charge in [-0.1, -0.05) is 23.8 Å². The average Bonchev–Trinajstić information content (AvgIpc) is 3.25. The Morgan fingerprint density at radius 1 is 0.967 bits per heavy atom. The summed E-state index contributed by atoms with van der Waals surface area (Å²) in [5.41, 5.74) is 2.44. The third kappa shape index (κ3) is 5.46. The summed E-state index contributed by atoms with van der Waals surface area (Å²) >= 11 is 1.12.